The second-order valence-corrected chi connectivity index (χ2v) is 6.20. The van der Waals surface area contributed by atoms with E-state index in [2.05, 4.69) is 10.3 Å². The summed E-state index contributed by atoms with van der Waals surface area (Å²) in [5, 5.41) is 2.62. The number of carbonyl (C=O) groups excluding carboxylic acids is 1. The van der Waals surface area contributed by atoms with E-state index in [0.29, 0.717) is 11.4 Å². The number of halogens is 3. The van der Waals surface area contributed by atoms with E-state index in [0.717, 1.165) is 17.8 Å². The van der Waals surface area contributed by atoms with Crippen molar-refractivity contribution in [2.45, 2.75) is 19.6 Å². The number of amides is 1. The number of aryl methyl sites for hydroxylation is 1. The van der Waals surface area contributed by atoms with Gasteiger partial charge in [-0.25, -0.2) is 4.98 Å². The molecule has 0 spiro atoms. The number of benzene rings is 1. The lowest BCUT2D eigenvalue weighted by molar-refractivity contribution is -0.137. The van der Waals surface area contributed by atoms with Crippen LogP contribution in [-0.4, -0.2) is 15.5 Å². The summed E-state index contributed by atoms with van der Waals surface area (Å²) in [4.78, 5) is 28.7. The van der Waals surface area contributed by atoms with Crippen molar-refractivity contribution in [3.63, 3.8) is 0 Å². The minimum Gasteiger partial charge on any atom is -0.310 e. The molecule has 3 aromatic rings. The van der Waals surface area contributed by atoms with Gasteiger partial charge in [-0.05, 0) is 42.8 Å². The number of hydrogen-bond donors (Lipinski definition) is 1. The number of nitrogens with one attached hydrogen (secondary N) is 1. The number of anilines is 1. The van der Waals surface area contributed by atoms with E-state index in [4.69, 9.17) is 0 Å². The van der Waals surface area contributed by atoms with Crippen molar-refractivity contribution in [3.05, 3.63) is 93.5 Å². The molecule has 8 heteroatoms. The lowest BCUT2D eigenvalue weighted by Gasteiger charge is -2.11. The number of alkyl halides is 3. The molecule has 0 fully saturated rings. The molecule has 3 rings (SSSR count). The summed E-state index contributed by atoms with van der Waals surface area (Å²) >= 11 is 0. The summed E-state index contributed by atoms with van der Waals surface area (Å²) in [5.74, 6) is -0.114. The van der Waals surface area contributed by atoms with Crippen LogP contribution in [0.25, 0.3) is 0 Å². The molecule has 2 heterocycles. The maximum atomic E-state index is 12.9. The Morgan fingerprint density at radius 3 is 2.57 bits per heavy atom. The molecule has 0 aliphatic carbocycles. The summed E-state index contributed by atoms with van der Waals surface area (Å²) in [5.41, 5.74) is -0.00264. The maximum Gasteiger partial charge on any atom is 0.416 e. The van der Waals surface area contributed by atoms with Gasteiger partial charge in [0.25, 0.3) is 11.5 Å². The Bertz CT molecular complexity index is 1070. The molecule has 0 aliphatic heterocycles. The van der Waals surface area contributed by atoms with Crippen LogP contribution in [0, 0.1) is 6.92 Å². The first-order chi connectivity index (χ1) is 13.2. The quantitative estimate of drug-likeness (QED) is 0.739. The molecule has 0 aliphatic rings. The molecule has 1 aromatic carbocycles. The summed E-state index contributed by atoms with van der Waals surface area (Å²) < 4.78 is 39.8. The molecular formula is C20H16F3N3O2. The van der Waals surface area contributed by atoms with Crippen molar-refractivity contribution in [1.82, 2.24) is 9.55 Å². The van der Waals surface area contributed by atoms with Gasteiger partial charge < -0.3 is 9.88 Å². The van der Waals surface area contributed by atoms with Gasteiger partial charge in [-0.1, -0.05) is 18.2 Å². The first-order valence-electron chi connectivity index (χ1n) is 8.34. The van der Waals surface area contributed by atoms with E-state index in [-0.39, 0.29) is 12.1 Å². The smallest absolute Gasteiger partial charge is 0.310 e. The largest absolute Gasteiger partial charge is 0.416 e. The van der Waals surface area contributed by atoms with E-state index < -0.39 is 23.2 Å². The van der Waals surface area contributed by atoms with Crippen LogP contribution in [0.2, 0.25) is 0 Å². The Balaban J connectivity index is 1.84. The third kappa shape index (κ3) is 4.64. The lowest BCUT2D eigenvalue weighted by atomic mass is 10.1. The van der Waals surface area contributed by atoms with Crippen LogP contribution in [0.3, 0.4) is 0 Å². The van der Waals surface area contributed by atoms with Crippen molar-refractivity contribution in [2.24, 2.45) is 0 Å². The molecule has 0 saturated carbocycles. The van der Waals surface area contributed by atoms with Gasteiger partial charge in [-0.3, -0.25) is 9.59 Å². The number of nitrogens with zero attached hydrogens (tertiary/aromatic N) is 2. The Morgan fingerprint density at radius 2 is 1.86 bits per heavy atom. The van der Waals surface area contributed by atoms with Gasteiger partial charge in [0, 0.05) is 18.0 Å². The van der Waals surface area contributed by atoms with Crippen LogP contribution in [-0.2, 0) is 12.7 Å². The van der Waals surface area contributed by atoms with Crippen LogP contribution in [0.1, 0.15) is 27.2 Å². The van der Waals surface area contributed by atoms with Crippen LogP contribution in [0.15, 0.2) is 65.6 Å². The van der Waals surface area contributed by atoms with Gasteiger partial charge in [-0.2, -0.15) is 13.2 Å². The number of pyridine rings is 2. The van der Waals surface area contributed by atoms with Crippen molar-refractivity contribution in [1.29, 1.82) is 0 Å². The van der Waals surface area contributed by atoms with Crippen LogP contribution >= 0.6 is 0 Å². The summed E-state index contributed by atoms with van der Waals surface area (Å²) in [6.45, 7) is 1.69. The van der Waals surface area contributed by atoms with Crippen molar-refractivity contribution in [2.75, 3.05) is 5.32 Å². The Kier molecular flexibility index (Phi) is 5.30. The van der Waals surface area contributed by atoms with Crippen LogP contribution < -0.4 is 10.9 Å². The standard InChI is InChI=1S/C20H16F3N3O2/c1-13-4-2-7-17(24-13)25-19(28)15-8-9-18(27)26(12-15)11-14-5-3-6-16(10-14)20(21,22)23/h2-10,12H,11H2,1H3,(H,24,25,28). The molecule has 0 radical (unpaired) electrons. The highest BCUT2D eigenvalue weighted by atomic mass is 19.4. The summed E-state index contributed by atoms with van der Waals surface area (Å²) in [6.07, 6.45) is -3.16. The van der Waals surface area contributed by atoms with Crippen molar-refractivity contribution >= 4 is 11.7 Å². The minimum absolute atomic E-state index is 0.0907. The zero-order valence-corrected chi connectivity index (χ0v) is 14.8. The fraction of sp³-hybridized carbons (Fsp3) is 0.150. The molecule has 0 atom stereocenters. The second-order valence-electron chi connectivity index (χ2n) is 6.20. The highest BCUT2D eigenvalue weighted by Crippen LogP contribution is 2.29. The van der Waals surface area contributed by atoms with Gasteiger partial charge in [0.15, 0.2) is 0 Å². The predicted octanol–water partition coefficient (Wildman–Crippen LogP) is 3.87. The summed E-state index contributed by atoms with van der Waals surface area (Å²) in [7, 11) is 0. The minimum atomic E-state index is -4.47. The average Bonchev–Trinajstić information content (AvgIpc) is 2.63. The highest BCUT2D eigenvalue weighted by Gasteiger charge is 2.30. The van der Waals surface area contributed by atoms with Crippen molar-refractivity contribution in [3.8, 4) is 0 Å². The molecular weight excluding hydrogens is 371 g/mol. The molecule has 1 amide bonds. The zero-order chi connectivity index (χ0) is 20.3. The fourth-order valence-corrected chi connectivity index (χ4v) is 2.63. The Hall–Kier alpha value is -3.42. The van der Waals surface area contributed by atoms with Gasteiger partial charge in [0.05, 0.1) is 17.7 Å². The third-order valence-electron chi connectivity index (χ3n) is 3.98. The monoisotopic (exact) mass is 387 g/mol. The molecule has 5 nitrogen and oxygen atoms in total. The molecule has 2 aromatic heterocycles. The molecule has 1 N–H and O–H groups in total. The fourth-order valence-electron chi connectivity index (χ4n) is 2.63. The Morgan fingerprint density at radius 1 is 1.11 bits per heavy atom. The molecule has 0 bridgehead atoms. The second kappa shape index (κ2) is 7.67. The number of hydrogen-bond acceptors (Lipinski definition) is 3. The highest BCUT2D eigenvalue weighted by molar-refractivity contribution is 6.03. The van der Waals surface area contributed by atoms with Crippen LogP contribution in [0.5, 0.6) is 0 Å². The SMILES string of the molecule is Cc1cccc(NC(=O)c2ccc(=O)n(Cc3cccc(C(F)(F)F)c3)c2)n1. The van der Waals surface area contributed by atoms with E-state index >= 15 is 0 Å². The van der Waals surface area contributed by atoms with E-state index in [1.54, 1.807) is 25.1 Å². The van der Waals surface area contributed by atoms with E-state index in [1.807, 2.05) is 0 Å². The predicted molar refractivity (Wildman–Crippen MR) is 98.2 cm³/mol. The first-order valence-corrected chi connectivity index (χ1v) is 8.34. The molecule has 0 saturated heterocycles. The zero-order valence-electron chi connectivity index (χ0n) is 14.8. The number of aromatic nitrogens is 2. The lowest BCUT2D eigenvalue weighted by Crippen LogP contribution is -2.23. The number of rotatable bonds is 4. The molecule has 0 unspecified atom stereocenters. The maximum absolute atomic E-state index is 12.9. The van der Waals surface area contributed by atoms with Crippen LogP contribution in [0.4, 0.5) is 19.0 Å². The molecule has 144 valence electrons. The Labute approximate surface area is 158 Å². The third-order valence-corrected chi connectivity index (χ3v) is 3.98. The van der Waals surface area contributed by atoms with Gasteiger partial charge in [0.1, 0.15) is 5.82 Å². The van der Waals surface area contributed by atoms with Gasteiger partial charge in [0.2, 0.25) is 0 Å². The van der Waals surface area contributed by atoms with E-state index in [1.165, 1.54) is 35.0 Å². The molecule has 28 heavy (non-hydrogen) atoms. The van der Waals surface area contributed by atoms with Gasteiger partial charge in [-0.15, -0.1) is 0 Å². The van der Waals surface area contributed by atoms with E-state index in [9.17, 15) is 22.8 Å². The first kappa shape index (κ1) is 19.3. The number of carbonyl (C=O) groups is 1. The summed E-state index contributed by atoms with van der Waals surface area (Å²) in [6, 6.07) is 12.4. The van der Waals surface area contributed by atoms with Gasteiger partial charge >= 0.3 is 6.18 Å². The normalized spacial score (nSPS) is 11.3. The van der Waals surface area contributed by atoms with Crippen molar-refractivity contribution < 1.29 is 18.0 Å². The topological polar surface area (TPSA) is 64.0 Å². The average molecular weight is 387 g/mol.